The summed E-state index contributed by atoms with van der Waals surface area (Å²) >= 11 is 5.82. The maximum absolute atomic E-state index is 12.6. The molecule has 1 aromatic rings. The highest BCUT2D eigenvalue weighted by molar-refractivity contribution is 6.30. The van der Waals surface area contributed by atoms with E-state index in [9.17, 15) is 18.3 Å². The van der Waals surface area contributed by atoms with Gasteiger partial charge in [0, 0.05) is 5.02 Å². The number of rotatable bonds is 2. The van der Waals surface area contributed by atoms with Gasteiger partial charge in [0.05, 0.1) is 13.2 Å². The van der Waals surface area contributed by atoms with Gasteiger partial charge in [0.15, 0.2) is 6.10 Å². The van der Waals surface area contributed by atoms with Gasteiger partial charge in [-0.05, 0) is 35.3 Å². The SMILES string of the molecule is OC(c1ccc(Cl)cc1C1=CCCOC1)C(F)(F)F. The van der Waals surface area contributed by atoms with Crippen molar-refractivity contribution in [3.05, 3.63) is 40.4 Å². The lowest BCUT2D eigenvalue weighted by atomic mass is 9.95. The molecule has 0 fully saturated rings. The molecule has 1 atom stereocenters. The average Bonchev–Trinajstić information content (AvgIpc) is 2.38. The zero-order chi connectivity index (χ0) is 14.0. The molecule has 0 spiro atoms. The van der Waals surface area contributed by atoms with Crippen LogP contribution in [0.4, 0.5) is 13.2 Å². The zero-order valence-electron chi connectivity index (χ0n) is 9.88. The summed E-state index contributed by atoms with van der Waals surface area (Å²) in [5, 5.41) is 9.74. The van der Waals surface area contributed by atoms with Crippen LogP contribution in [0.15, 0.2) is 24.3 Å². The highest BCUT2D eigenvalue weighted by atomic mass is 35.5. The van der Waals surface area contributed by atoms with E-state index in [4.69, 9.17) is 16.3 Å². The standard InChI is InChI=1S/C13H12ClF3O2/c14-9-3-4-10(12(18)13(15,16)17)11(6-9)8-2-1-5-19-7-8/h2-4,6,12,18H,1,5,7H2. The monoisotopic (exact) mass is 292 g/mol. The highest BCUT2D eigenvalue weighted by Crippen LogP contribution is 2.37. The first-order valence-corrected chi connectivity index (χ1v) is 6.09. The minimum atomic E-state index is -4.71. The fraction of sp³-hybridized carbons (Fsp3) is 0.385. The molecule has 2 nitrogen and oxygen atoms in total. The van der Waals surface area contributed by atoms with Crippen LogP contribution in [-0.2, 0) is 4.74 Å². The summed E-state index contributed by atoms with van der Waals surface area (Å²) in [5.41, 5.74) is 0.706. The molecule has 2 rings (SSSR count). The van der Waals surface area contributed by atoms with E-state index >= 15 is 0 Å². The van der Waals surface area contributed by atoms with E-state index in [1.807, 2.05) is 6.08 Å². The predicted octanol–water partition coefficient (Wildman–Crippen LogP) is 3.74. The lowest BCUT2D eigenvalue weighted by Crippen LogP contribution is -2.22. The molecule has 104 valence electrons. The molecule has 6 heteroatoms. The van der Waals surface area contributed by atoms with Gasteiger partial charge in [-0.2, -0.15) is 13.2 Å². The van der Waals surface area contributed by atoms with Gasteiger partial charge in [-0.25, -0.2) is 0 Å². The van der Waals surface area contributed by atoms with Crippen LogP contribution < -0.4 is 0 Å². The quantitative estimate of drug-likeness (QED) is 0.900. The molecule has 0 aromatic heterocycles. The molecule has 19 heavy (non-hydrogen) atoms. The minimum Gasteiger partial charge on any atom is -0.379 e. The van der Waals surface area contributed by atoms with Gasteiger partial charge in [0.1, 0.15) is 0 Å². The average molecular weight is 293 g/mol. The summed E-state index contributed by atoms with van der Waals surface area (Å²) in [5.74, 6) is 0. The van der Waals surface area contributed by atoms with Gasteiger partial charge in [-0.1, -0.05) is 23.7 Å². The normalized spacial score (nSPS) is 18.1. The Morgan fingerprint density at radius 1 is 1.32 bits per heavy atom. The molecule has 1 heterocycles. The fourth-order valence-corrected chi connectivity index (χ4v) is 2.14. The van der Waals surface area contributed by atoms with E-state index in [2.05, 4.69) is 0 Å². The Labute approximate surface area is 113 Å². The molecule has 1 unspecified atom stereocenters. The molecule has 0 saturated carbocycles. The third-order valence-electron chi connectivity index (χ3n) is 2.88. The van der Waals surface area contributed by atoms with Gasteiger partial charge in [0.25, 0.3) is 0 Å². The molecule has 0 aliphatic carbocycles. The van der Waals surface area contributed by atoms with Crippen LogP contribution in [0.1, 0.15) is 23.7 Å². The maximum Gasteiger partial charge on any atom is 0.418 e. The Bertz CT molecular complexity index is 497. The van der Waals surface area contributed by atoms with Gasteiger partial charge in [0.2, 0.25) is 0 Å². The topological polar surface area (TPSA) is 29.5 Å². The summed E-state index contributed by atoms with van der Waals surface area (Å²) < 4.78 is 43.2. The lowest BCUT2D eigenvalue weighted by Gasteiger charge is -2.21. The summed E-state index contributed by atoms with van der Waals surface area (Å²) in [6, 6.07) is 3.96. The molecule has 1 aliphatic rings. The van der Waals surface area contributed by atoms with Gasteiger partial charge in [-0.3, -0.25) is 0 Å². The van der Waals surface area contributed by atoms with Gasteiger partial charge in [-0.15, -0.1) is 0 Å². The van der Waals surface area contributed by atoms with E-state index in [0.29, 0.717) is 23.6 Å². The zero-order valence-corrected chi connectivity index (χ0v) is 10.6. The lowest BCUT2D eigenvalue weighted by molar-refractivity contribution is -0.206. The number of halogens is 4. The number of hydrogen-bond acceptors (Lipinski definition) is 2. The van der Waals surface area contributed by atoms with Crippen molar-refractivity contribution in [3.8, 4) is 0 Å². The molecule has 0 radical (unpaired) electrons. The van der Waals surface area contributed by atoms with Crippen molar-refractivity contribution in [2.75, 3.05) is 13.2 Å². The van der Waals surface area contributed by atoms with Crippen molar-refractivity contribution in [2.45, 2.75) is 18.7 Å². The van der Waals surface area contributed by atoms with Crippen LogP contribution in [0, 0.1) is 0 Å². The molecule has 0 amide bonds. The van der Waals surface area contributed by atoms with Crippen molar-refractivity contribution in [1.82, 2.24) is 0 Å². The molecule has 1 aliphatic heterocycles. The smallest absolute Gasteiger partial charge is 0.379 e. The number of hydrogen-bond donors (Lipinski definition) is 1. The summed E-state index contributed by atoms with van der Waals surface area (Å²) in [7, 11) is 0. The first kappa shape index (κ1) is 14.4. The number of benzene rings is 1. The fourth-order valence-electron chi connectivity index (χ4n) is 1.97. The van der Waals surface area contributed by atoms with Crippen LogP contribution in [-0.4, -0.2) is 24.5 Å². The Morgan fingerprint density at radius 3 is 2.63 bits per heavy atom. The minimum absolute atomic E-state index is 0.200. The van der Waals surface area contributed by atoms with Gasteiger partial charge < -0.3 is 9.84 Å². The predicted molar refractivity (Wildman–Crippen MR) is 65.9 cm³/mol. The summed E-state index contributed by atoms with van der Waals surface area (Å²) in [4.78, 5) is 0. The van der Waals surface area contributed by atoms with Gasteiger partial charge >= 0.3 is 6.18 Å². The molecular weight excluding hydrogens is 281 g/mol. The Balaban J connectivity index is 2.46. The van der Waals surface area contributed by atoms with Crippen molar-refractivity contribution < 1.29 is 23.0 Å². The second kappa shape index (κ2) is 5.53. The largest absolute Gasteiger partial charge is 0.418 e. The van der Waals surface area contributed by atoms with Crippen molar-refractivity contribution >= 4 is 17.2 Å². The number of alkyl halides is 3. The van der Waals surface area contributed by atoms with Crippen molar-refractivity contribution in [1.29, 1.82) is 0 Å². The van der Waals surface area contributed by atoms with Crippen LogP contribution in [0.3, 0.4) is 0 Å². The Morgan fingerprint density at radius 2 is 2.05 bits per heavy atom. The number of aliphatic hydroxyl groups excluding tert-OH is 1. The first-order chi connectivity index (χ1) is 8.89. The summed E-state index contributed by atoms with van der Waals surface area (Å²) in [6.45, 7) is 0.763. The summed E-state index contributed by atoms with van der Waals surface area (Å²) in [6.07, 6.45) is -4.80. The molecule has 1 N–H and O–H groups in total. The maximum atomic E-state index is 12.6. The van der Waals surface area contributed by atoms with E-state index in [-0.39, 0.29) is 17.7 Å². The van der Waals surface area contributed by atoms with E-state index in [0.717, 1.165) is 0 Å². The third kappa shape index (κ3) is 3.29. The third-order valence-corrected chi connectivity index (χ3v) is 3.11. The molecule has 1 aromatic carbocycles. The van der Waals surface area contributed by atoms with E-state index < -0.39 is 12.3 Å². The molecule has 0 saturated heterocycles. The van der Waals surface area contributed by atoms with Crippen LogP contribution in [0.5, 0.6) is 0 Å². The van der Waals surface area contributed by atoms with Crippen LogP contribution in [0.2, 0.25) is 5.02 Å². The van der Waals surface area contributed by atoms with Crippen LogP contribution in [0.25, 0.3) is 5.57 Å². The molecular formula is C13H12ClF3O2. The van der Waals surface area contributed by atoms with E-state index in [1.54, 1.807) is 0 Å². The molecule has 0 bridgehead atoms. The van der Waals surface area contributed by atoms with E-state index in [1.165, 1.54) is 18.2 Å². The second-order valence-electron chi connectivity index (χ2n) is 4.25. The second-order valence-corrected chi connectivity index (χ2v) is 4.68. The highest BCUT2D eigenvalue weighted by Gasteiger charge is 2.40. The Kier molecular flexibility index (Phi) is 4.18. The number of aliphatic hydroxyl groups is 1. The van der Waals surface area contributed by atoms with Crippen molar-refractivity contribution in [3.63, 3.8) is 0 Å². The van der Waals surface area contributed by atoms with Crippen LogP contribution >= 0.6 is 11.6 Å². The Hall–Kier alpha value is -1.04. The number of ether oxygens (including phenoxy) is 1. The first-order valence-electron chi connectivity index (χ1n) is 5.71. The van der Waals surface area contributed by atoms with Crippen molar-refractivity contribution in [2.24, 2.45) is 0 Å².